The highest BCUT2D eigenvalue weighted by atomic mass is 32.2. The van der Waals surface area contributed by atoms with E-state index >= 15 is 0 Å². The molecule has 3 N–H and O–H groups in total. The number of carbonyl (C=O) groups is 1. The Morgan fingerprint density at radius 1 is 1.47 bits per heavy atom. The smallest absolute Gasteiger partial charge is 0.228 e. The van der Waals surface area contributed by atoms with Gasteiger partial charge in [-0.2, -0.15) is 0 Å². The second-order valence-electron chi connectivity index (χ2n) is 3.94. The Morgan fingerprint density at radius 2 is 2.20 bits per heavy atom. The van der Waals surface area contributed by atoms with Gasteiger partial charge in [-0.05, 0) is 17.7 Å². The van der Waals surface area contributed by atoms with Crippen molar-refractivity contribution in [1.82, 2.24) is 0 Å². The zero-order valence-corrected chi connectivity index (χ0v) is 9.65. The minimum Gasteiger partial charge on any atom is -0.398 e. The van der Waals surface area contributed by atoms with Gasteiger partial charge < -0.3 is 11.1 Å². The second-order valence-corrected chi connectivity index (χ2v) is 5.56. The van der Waals surface area contributed by atoms with Crippen LogP contribution in [0, 0.1) is 0 Å². The fraction of sp³-hybridized carbons (Fsp3) is 0.364. The molecule has 1 amide bonds. The summed E-state index contributed by atoms with van der Waals surface area (Å²) < 4.78 is 0. The van der Waals surface area contributed by atoms with E-state index in [-0.39, 0.29) is 5.91 Å². The average molecular weight is 222 g/mol. The number of anilines is 2. The van der Waals surface area contributed by atoms with Crippen molar-refractivity contribution in [3.8, 4) is 0 Å². The number of nitrogens with two attached hydrogens (primary N) is 1. The van der Waals surface area contributed by atoms with Crippen LogP contribution in [0.2, 0.25) is 0 Å². The predicted molar refractivity (Wildman–Crippen MR) is 64.2 cm³/mol. The maximum atomic E-state index is 11.2. The van der Waals surface area contributed by atoms with Crippen molar-refractivity contribution in [3.63, 3.8) is 0 Å². The van der Waals surface area contributed by atoms with E-state index in [1.54, 1.807) is 11.8 Å². The van der Waals surface area contributed by atoms with Gasteiger partial charge in [0.2, 0.25) is 5.91 Å². The Balaban J connectivity index is 2.35. The third-order valence-corrected chi connectivity index (χ3v) is 3.30. The highest BCUT2D eigenvalue weighted by molar-refractivity contribution is 8.00. The summed E-state index contributed by atoms with van der Waals surface area (Å²) in [5.41, 5.74) is 8.61. The monoisotopic (exact) mass is 222 g/mol. The number of nitrogen functional groups attached to an aromatic ring is 1. The lowest BCUT2D eigenvalue weighted by molar-refractivity contribution is -0.115. The van der Waals surface area contributed by atoms with Crippen LogP contribution in [-0.2, 0) is 11.2 Å². The Kier molecular flexibility index (Phi) is 2.61. The molecule has 0 spiro atoms. The summed E-state index contributed by atoms with van der Waals surface area (Å²) in [6.07, 6.45) is 0.451. The maximum absolute atomic E-state index is 11.2. The molecule has 2 rings (SSSR count). The molecule has 0 aliphatic carbocycles. The predicted octanol–water partition coefficient (Wildman–Crippen LogP) is 2.26. The van der Waals surface area contributed by atoms with Crippen LogP contribution in [0.4, 0.5) is 11.4 Å². The lowest BCUT2D eigenvalue weighted by Crippen LogP contribution is -2.03. The molecule has 4 heteroatoms. The summed E-state index contributed by atoms with van der Waals surface area (Å²) in [6.45, 7) is 4.24. The van der Waals surface area contributed by atoms with Gasteiger partial charge in [-0.15, -0.1) is 11.8 Å². The number of benzene rings is 1. The zero-order chi connectivity index (χ0) is 11.0. The van der Waals surface area contributed by atoms with Crippen molar-refractivity contribution in [3.05, 3.63) is 17.7 Å². The van der Waals surface area contributed by atoms with E-state index in [9.17, 15) is 4.79 Å². The molecular formula is C11H14N2OS. The Hall–Kier alpha value is -1.16. The number of carbonyl (C=O) groups excluding carboxylic acids is 1. The second kappa shape index (κ2) is 3.77. The molecule has 1 aromatic carbocycles. The van der Waals surface area contributed by atoms with Crippen LogP contribution < -0.4 is 11.1 Å². The molecule has 0 saturated heterocycles. The molecule has 80 valence electrons. The Labute approximate surface area is 93.4 Å². The van der Waals surface area contributed by atoms with Crippen LogP contribution >= 0.6 is 11.8 Å². The summed E-state index contributed by atoms with van der Waals surface area (Å²) >= 11 is 1.72. The van der Waals surface area contributed by atoms with Gasteiger partial charge in [-0.1, -0.05) is 13.8 Å². The number of nitrogens with one attached hydrogen (secondary N) is 1. The standard InChI is InChI=1S/C11H14N2OS/c1-6(2)15-10-5-9-7(3-8(10)12)4-11(14)13-9/h3,5-6H,4,12H2,1-2H3,(H,13,14). The van der Waals surface area contributed by atoms with Crippen molar-refractivity contribution in [1.29, 1.82) is 0 Å². The van der Waals surface area contributed by atoms with Crippen molar-refractivity contribution in [2.24, 2.45) is 0 Å². The van der Waals surface area contributed by atoms with E-state index in [1.165, 1.54) is 0 Å². The van der Waals surface area contributed by atoms with Crippen molar-refractivity contribution in [2.45, 2.75) is 30.4 Å². The normalized spacial score (nSPS) is 14.2. The van der Waals surface area contributed by atoms with Crippen LogP contribution in [-0.4, -0.2) is 11.2 Å². The summed E-state index contributed by atoms with van der Waals surface area (Å²) in [5.74, 6) is 0.0519. The molecule has 0 fully saturated rings. The third kappa shape index (κ3) is 2.09. The summed E-state index contributed by atoms with van der Waals surface area (Å²) in [5, 5.41) is 3.32. The van der Waals surface area contributed by atoms with Gasteiger partial charge in [0.25, 0.3) is 0 Å². The molecule has 1 aliphatic rings. The molecule has 15 heavy (non-hydrogen) atoms. The van der Waals surface area contributed by atoms with E-state index in [2.05, 4.69) is 19.2 Å². The van der Waals surface area contributed by atoms with E-state index in [0.29, 0.717) is 11.7 Å². The lowest BCUT2D eigenvalue weighted by atomic mass is 10.1. The van der Waals surface area contributed by atoms with Crippen molar-refractivity contribution < 1.29 is 4.79 Å². The van der Waals surface area contributed by atoms with Gasteiger partial charge in [0, 0.05) is 21.5 Å². The first-order valence-corrected chi connectivity index (χ1v) is 5.83. The molecule has 1 heterocycles. The van der Waals surface area contributed by atoms with Gasteiger partial charge in [0.1, 0.15) is 0 Å². The SMILES string of the molecule is CC(C)Sc1cc2c(cc1N)CC(=O)N2. The quantitative estimate of drug-likeness (QED) is 0.596. The zero-order valence-electron chi connectivity index (χ0n) is 8.83. The Bertz CT molecular complexity index is 415. The third-order valence-electron chi connectivity index (χ3n) is 2.22. The number of hydrogen-bond donors (Lipinski definition) is 2. The van der Waals surface area contributed by atoms with E-state index in [1.807, 2.05) is 12.1 Å². The molecule has 0 unspecified atom stereocenters. The minimum absolute atomic E-state index is 0.0519. The number of amides is 1. The number of hydrogen-bond acceptors (Lipinski definition) is 3. The molecule has 0 atom stereocenters. The van der Waals surface area contributed by atoms with Crippen LogP contribution in [0.3, 0.4) is 0 Å². The summed E-state index contributed by atoms with van der Waals surface area (Å²) in [6, 6.07) is 3.87. The Morgan fingerprint density at radius 3 is 2.87 bits per heavy atom. The molecule has 1 aromatic rings. The van der Waals surface area contributed by atoms with Gasteiger partial charge >= 0.3 is 0 Å². The molecule has 0 radical (unpaired) electrons. The van der Waals surface area contributed by atoms with Gasteiger partial charge in [0.05, 0.1) is 6.42 Å². The van der Waals surface area contributed by atoms with Gasteiger partial charge in [-0.3, -0.25) is 4.79 Å². The minimum atomic E-state index is 0.0519. The molecule has 1 aliphatic heterocycles. The van der Waals surface area contributed by atoms with E-state index < -0.39 is 0 Å². The van der Waals surface area contributed by atoms with E-state index in [4.69, 9.17) is 5.73 Å². The first-order valence-electron chi connectivity index (χ1n) is 4.95. The van der Waals surface area contributed by atoms with Crippen LogP contribution in [0.5, 0.6) is 0 Å². The number of thioether (sulfide) groups is 1. The fourth-order valence-corrected chi connectivity index (χ4v) is 2.52. The molecule has 3 nitrogen and oxygen atoms in total. The van der Waals surface area contributed by atoms with Gasteiger partial charge in [-0.25, -0.2) is 0 Å². The maximum Gasteiger partial charge on any atom is 0.228 e. The highest BCUT2D eigenvalue weighted by Crippen LogP contribution is 2.35. The fourth-order valence-electron chi connectivity index (χ4n) is 1.63. The molecule has 0 bridgehead atoms. The number of fused-ring (bicyclic) bond motifs is 1. The van der Waals surface area contributed by atoms with E-state index in [0.717, 1.165) is 21.8 Å². The highest BCUT2D eigenvalue weighted by Gasteiger charge is 2.19. The number of rotatable bonds is 2. The van der Waals surface area contributed by atoms with Crippen LogP contribution in [0.1, 0.15) is 19.4 Å². The molecule has 0 aromatic heterocycles. The molecule has 0 saturated carbocycles. The van der Waals surface area contributed by atoms with Crippen molar-refractivity contribution >= 4 is 29.0 Å². The first kappa shape index (κ1) is 10.4. The largest absolute Gasteiger partial charge is 0.398 e. The molecular weight excluding hydrogens is 208 g/mol. The summed E-state index contributed by atoms with van der Waals surface area (Å²) in [7, 11) is 0. The van der Waals surface area contributed by atoms with Gasteiger partial charge in [0.15, 0.2) is 0 Å². The lowest BCUT2D eigenvalue weighted by Gasteiger charge is -2.10. The summed E-state index contributed by atoms with van der Waals surface area (Å²) in [4.78, 5) is 12.2. The van der Waals surface area contributed by atoms with Crippen LogP contribution in [0.25, 0.3) is 0 Å². The van der Waals surface area contributed by atoms with Crippen molar-refractivity contribution in [2.75, 3.05) is 11.1 Å². The van der Waals surface area contributed by atoms with Crippen LogP contribution in [0.15, 0.2) is 17.0 Å². The topological polar surface area (TPSA) is 55.1 Å². The average Bonchev–Trinajstić information content (AvgIpc) is 2.44. The first-order chi connectivity index (χ1) is 7.06.